The van der Waals surface area contributed by atoms with Gasteiger partial charge < -0.3 is 0 Å². The molecule has 242 valence electrons. The lowest BCUT2D eigenvalue weighted by Crippen LogP contribution is -2.02. The maximum Gasteiger partial charge on any atom is 0.165 e. The molecule has 4 aromatic heterocycles. The molecule has 4 aromatic carbocycles. The van der Waals surface area contributed by atoms with Gasteiger partial charge in [-0.15, -0.1) is 6.58 Å². The van der Waals surface area contributed by atoms with Crippen molar-refractivity contribution in [2.75, 3.05) is 0 Å². The van der Waals surface area contributed by atoms with Gasteiger partial charge in [0.05, 0.1) is 22.8 Å². The molecule has 0 fully saturated rings. The third-order valence-electron chi connectivity index (χ3n) is 8.53. The number of nitrogens with zero attached hydrogens (tertiary/aromatic N) is 6. The summed E-state index contributed by atoms with van der Waals surface area (Å²) in [6.07, 6.45) is 6.20. The number of pyridine rings is 3. The summed E-state index contributed by atoms with van der Waals surface area (Å²) in [6.45, 7) is 3.93. The van der Waals surface area contributed by atoms with Crippen LogP contribution in [0, 0.1) is 0 Å². The molecule has 0 bridgehead atoms. The predicted molar refractivity (Wildman–Crippen MR) is 205 cm³/mol. The van der Waals surface area contributed by atoms with Crippen LogP contribution >= 0.6 is 0 Å². The highest BCUT2D eigenvalue weighted by Crippen LogP contribution is 2.33. The van der Waals surface area contributed by atoms with E-state index in [1.807, 2.05) is 84.9 Å². The van der Waals surface area contributed by atoms with Crippen LogP contribution in [0.4, 0.5) is 0 Å². The number of aromatic nitrogens is 6. The van der Waals surface area contributed by atoms with E-state index < -0.39 is 0 Å². The standard InChI is InChI=1S/C45H32N6/c1-2-14-31-15-12-22-35(25-31)42-29-38(28-41(48-42)34-20-10-5-11-21-34)45-50-43(36-23-13-24-46-30-36)49-44(51-45)37-26-39(32-16-6-3-7-17-32)47-40(27-37)33-18-8-4-9-19-33/h2-13,15-30H,1,14H2. The maximum absolute atomic E-state index is 5.17. The Hall–Kier alpha value is -6.92. The zero-order valence-electron chi connectivity index (χ0n) is 27.8. The molecule has 0 aliphatic carbocycles. The molecule has 4 heterocycles. The molecular formula is C45H32N6. The minimum Gasteiger partial charge on any atom is -0.264 e. The van der Waals surface area contributed by atoms with Crippen molar-refractivity contribution in [2.45, 2.75) is 6.42 Å². The normalized spacial score (nSPS) is 10.9. The highest BCUT2D eigenvalue weighted by atomic mass is 15.0. The number of hydrogen-bond acceptors (Lipinski definition) is 6. The highest BCUT2D eigenvalue weighted by molar-refractivity contribution is 5.78. The SMILES string of the molecule is C=CCc1cccc(-c2cc(-c3nc(-c4cccnc4)nc(-c4cc(-c5ccccc5)nc(-c5ccccc5)c4)n3)cc(-c3ccccc3)n2)c1. The molecular weight excluding hydrogens is 625 g/mol. The molecule has 0 amide bonds. The van der Waals surface area contributed by atoms with Crippen LogP contribution in [0.15, 0.2) is 177 Å². The Balaban J connectivity index is 1.36. The summed E-state index contributed by atoms with van der Waals surface area (Å²) < 4.78 is 0. The third-order valence-corrected chi connectivity index (χ3v) is 8.53. The topological polar surface area (TPSA) is 77.3 Å². The second-order valence-electron chi connectivity index (χ2n) is 12.1. The first-order valence-corrected chi connectivity index (χ1v) is 16.8. The first kappa shape index (κ1) is 31.4. The van der Waals surface area contributed by atoms with E-state index >= 15 is 0 Å². The van der Waals surface area contributed by atoms with Gasteiger partial charge in [-0.1, -0.05) is 115 Å². The van der Waals surface area contributed by atoms with E-state index in [0.29, 0.717) is 17.5 Å². The van der Waals surface area contributed by atoms with Gasteiger partial charge in [0.1, 0.15) is 0 Å². The van der Waals surface area contributed by atoms with Crippen molar-refractivity contribution in [1.82, 2.24) is 29.9 Å². The molecule has 0 unspecified atom stereocenters. The van der Waals surface area contributed by atoms with E-state index in [2.05, 4.69) is 84.4 Å². The van der Waals surface area contributed by atoms with Crippen molar-refractivity contribution in [3.05, 3.63) is 182 Å². The van der Waals surface area contributed by atoms with Crippen LogP contribution in [0.25, 0.3) is 79.2 Å². The Bertz CT molecular complexity index is 2390. The van der Waals surface area contributed by atoms with Crippen LogP contribution in [0.1, 0.15) is 5.56 Å². The first-order chi connectivity index (χ1) is 25.2. The van der Waals surface area contributed by atoms with Crippen molar-refractivity contribution in [3.63, 3.8) is 0 Å². The average molecular weight is 657 g/mol. The van der Waals surface area contributed by atoms with E-state index in [1.54, 1.807) is 12.4 Å². The number of hydrogen-bond donors (Lipinski definition) is 0. The van der Waals surface area contributed by atoms with Gasteiger partial charge in [0, 0.05) is 51.3 Å². The van der Waals surface area contributed by atoms with Crippen molar-refractivity contribution in [1.29, 1.82) is 0 Å². The molecule has 8 rings (SSSR count). The monoisotopic (exact) mass is 656 g/mol. The van der Waals surface area contributed by atoms with Crippen molar-refractivity contribution in [2.24, 2.45) is 0 Å². The fourth-order valence-corrected chi connectivity index (χ4v) is 6.02. The van der Waals surface area contributed by atoms with Gasteiger partial charge in [0.25, 0.3) is 0 Å². The lowest BCUT2D eigenvalue weighted by Gasteiger charge is -2.13. The summed E-state index contributed by atoms with van der Waals surface area (Å²) >= 11 is 0. The molecule has 0 saturated carbocycles. The van der Waals surface area contributed by atoms with Gasteiger partial charge in [0.15, 0.2) is 17.5 Å². The summed E-state index contributed by atoms with van der Waals surface area (Å²) in [4.78, 5) is 29.9. The second-order valence-corrected chi connectivity index (χ2v) is 12.1. The summed E-state index contributed by atoms with van der Waals surface area (Å²) in [6, 6.07) is 51.0. The van der Waals surface area contributed by atoms with Gasteiger partial charge in [-0.05, 0) is 54.4 Å². The van der Waals surface area contributed by atoms with Crippen LogP contribution in [0.5, 0.6) is 0 Å². The van der Waals surface area contributed by atoms with Crippen LogP contribution in [0.2, 0.25) is 0 Å². The third kappa shape index (κ3) is 6.98. The average Bonchev–Trinajstić information content (AvgIpc) is 3.22. The largest absolute Gasteiger partial charge is 0.264 e. The minimum absolute atomic E-state index is 0.523. The summed E-state index contributed by atoms with van der Waals surface area (Å²) in [5.74, 6) is 1.58. The Kier molecular flexibility index (Phi) is 8.78. The number of benzene rings is 4. The van der Waals surface area contributed by atoms with Gasteiger partial charge in [-0.25, -0.2) is 24.9 Å². The summed E-state index contributed by atoms with van der Waals surface area (Å²) in [5, 5.41) is 0. The summed E-state index contributed by atoms with van der Waals surface area (Å²) in [7, 11) is 0. The zero-order valence-corrected chi connectivity index (χ0v) is 27.8. The van der Waals surface area contributed by atoms with E-state index in [9.17, 15) is 0 Å². The van der Waals surface area contributed by atoms with E-state index in [1.165, 1.54) is 5.56 Å². The van der Waals surface area contributed by atoms with Crippen LogP contribution in [-0.4, -0.2) is 29.9 Å². The summed E-state index contributed by atoms with van der Waals surface area (Å²) in [5.41, 5.74) is 10.9. The molecule has 0 radical (unpaired) electrons. The second kappa shape index (κ2) is 14.3. The van der Waals surface area contributed by atoms with Gasteiger partial charge in [0.2, 0.25) is 0 Å². The van der Waals surface area contributed by atoms with Crippen LogP contribution < -0.4 is 0 Å². The highest BCUT2D eigenvalue weighted by Gasteiger charge is 2.18. The van der Waals surface area contributed by atoms with Crippen molar-refractivity contribution in [3.8, 4) is 79.2 Å². The quantitative estimate of drug-likeness (QED) is 0.144. The minimum atomic E-state index is 0.523. The molecule has 6 nitrogen and oxygen atoms in total. The molecule has 51 heavy (non-hydrogen) atoms. The number of allylic oxidation sites excluding steroid dienone is 1. The molecule has 0 spiro atoms. The fourth-order valence-electron chi connectivity index (χ4n) is 6.02. The Morgan fingerprint density at radius 1 is 0.392 bits per heavy atom. The van der Waals surface area contributed by atoms with Crippen LogP contribution in [-0.2, 0) is 6.42 Å². The molecule has 0 atom stereocenters. The predicted octanol–water partition coefficient (Wildman–Crippen LogP) is 10.5. The molecule has 8 aromatic rings. The molecule has 0 aliphatic heterocycles. The van der Waals surface area contributed by atoms with Gasteiger partial charge in [-0.3, -0.25) is 4.98 Å². The van der Waals surface area contributed by atoms with E-state index in [0.717, 1.165) is 68.1 Å². The Labute approximate surface area is 297 Å². The Morgan fingerprint density at radius 3 is 1.27 bits per heavy atom. The fraction of sp³-hybridized carbons (Fsp3) is 0.0222. The van der Waals surface area contributed by atoms with Gasteiger partial charge >= 0.3 is 0 Å². The number of rotatable bonds is 9. The van der Waals surface area contributed by atoms with Gasteiger partial charge in [-0.2, -0.15) is 0 Å². The van der Waals surface area contributed by atoms with Crippen LogP contribution in [0.3, 0.4) is 0 Å². The smallest absolute Gasteiger partial charge is 0.165 e. The first-order valence-electron chi connectivity index (χ1n) is 16.8. The molecule has 0 saturated heterocycles. The lowest BCUT2D eigenvalue weighted by molar-refractivity contribution is 1.07. The molecule has 6 heteroatoms. The van der Waals surface area contributed by atoms with Crippen molar-refractivity contribution < 1.29 is 0 Å². The van der Waals surface area contributed by atoms with E-state index in [4.69, 9.17) is 24.9 Å². The maximum atomic E-state index is 5.17. The lowest BCUT2D eigenvalue weighted by atomic mass is 10.0. The molecule has 0 aliphatic rings. The zero-order chi connectivity index (χ0) is 34.4. The van der Waals surface area contributed by atoms with E-state index in [-0.39, 0.29) is 0 Å². The molecule has 0 N–H and O–H groups in total. The Morgan fingerprint density at radius 2 is 0.824 bits per heavy atom. The van der Waals surface area contributed by atoms with Crippen molar-refractivity contribution >= 4 is 0 Å².